The van der Waals surface area contributed by atoms with Gasteiger partial charge in [-0.05, 0) is 56.1 Å². The number of hydrogen-bond donors (Lipinski definition) is 1. The van der Waals surface area contributed by atoms with Crippen LogP contribution in [0, 0.1) is 5.82 Å². The number of rotatable bonds is 7. The molecule has 0 aliphatic carbocycles. The Hall–Kier alpha value is -1.61. The van der Waals surface area contributed by atoms with Crippen LogP contribution in [0.5, 0.6) is 0 Å². The quantitative estimate of drug-likeness (QED) is 0.824. The van der Waals surface area contributed by atoms with Crippen molar-refractivity contribution in [3.63, 3.8) is 0 Å². The Morgan fingerprint density at radius 2 is 1.95 bits per heavy atom. The second kappa shape index (κ2) is 7.10. The van der Waals surface area contributed by atoms with E-state index in [2.05, 4.69) is 12.2 Å². The minimum Gasteiger partial charge on any atom is -0.469 e. The molecule has 1 heterocycles. The van der Waals surface area contributed by atoms with Crippen molar-refractivity contribution < 1.29 is 8.81 Å². The number of nitrogens with one attached hydrogen (secondary N) is 1. The van der Waals surface area contributed by atoms with Crippen LogP contribution in [0.2, 0.25) is 0 Å². The first kappa shape index (κ1) is 13.8. The summed E-state index contributed by atoms with van der Waals surface area (Å²) in [6, 6.07) is 11.1. The molecule has 102 valence electrons. The molecule has 0 aliphatic rings. The molecule has 0 bridgehead atoms. The molecule has 0 saturated heterocycles. The van der Waals surface area contributed by atoms with E-state index in [1.54, 1.807) is 6.26 Å². The fraction of sp³-hybridized carbons (Fsp3) is 0.375. The van der Waals surface area contributed by atoms with E-state index in [0.717, 1.165) is 37.1 Å². The molecule has 0 saturated carbocycles. The first-order chi connectivity index (χ1) is 9.24. The molecule has 2 rings (SSSR count). The lowest BCUT2D eigenvalue weighted by molar-refractivity contribution is 0.461. The lowest BCUT2D eigenvalue weighted by atomic mass is 10.1. The number of hydrogen-bond acceptors (Lipinski definition) is 2. The van der Waals surface area contributed by atoms with Crippen LogP contribution in [0.15, 0.2) is 47.1 Å². The van der Waals surface area contributed by atoms with E-state index in [9.17, 15) is 4.39 Å². The maximum absolute atomic E-state index is 12.7. The highest BCUT2D eigenvalue weighted by molar-refractivity contribution is 5.16. The second-order valence-corrected chi connectivity index (χ2v) is 4.85. The fourth-order valence-electron chi connectivity index (χ4n) is 2.03. The second-order valence-electron chi connectivity index (χ2n) is 4.85. The van der Waals surface area contributed by atoms with E-state index < -0.39 is 0 Å². The van der Waals surface area contributed by atoms with Gasteiger partial charge >= 0.3 is 0 Å². The van der Waals surface area contributed by atoms with E-state index in [0.29, 0.717) is 6.04 Å². The van der Waals surface area contributed by atoms with E-state index in [1.807, 2.05) is 24.3 Å². The van der Waals surface area contributed by atoms with Gasteiger partial charge in [0.15, 0.2) is 0 Å². The monoisotopic (exact) mass is 261 g/mol. The largest absolute Gasteiger partial charge is 0.469 e. The Kier molecular flexibility index (Phi) is 5.16. The van der Waals surface area contributed by atoms with Crippen molar-refractivity contribution in [1.29, 1.82) is 0 Å². The summed E-state index contributed by atoms with van der Waals surface area (Å²) in [6.07, 6.45) is 4.64. The SMILES string of the molecule is CC(CCc1ccco1)NCCc1ccc(F)cc1. The average molecular weight is 261 g/mol. The van der Waals surface area contributed by atoms with Gasteiger partial charge < -0.3 is 9.73 Å². The topological polar surface area (TPSA) is 25.2 Å². The fourth-order valence-corrected chi connectivity index (χ4v) is 2.03. The van der Waals surface area contributed by atoms with Crippen molar-refractivity contribution in [2.45, 2.75) is 32.2 Å². The highest BCUT2D eigenvalue weighted by atomic mass is 19.1. The first-order valence-electron chi connectivity index (χ1n) is 6.74. The molecule has 0 amide bonds. The molecule has 1 aromatic carbocycles. The summed E-state index contributed by atoms with van der Waals surface area (Å²) in [5, 5.41) is 3.47. The molecule has 2 aromatic rings. The van der Waals surface area contributed by atoms with Crippen LogP contribution < -0.4 is 5.32 Å². The van der Waals surface area contributed by atoms with Gasteiger partial charge in [-0.25, -0.2) is 4.39 Å². The molecule has 0 aliphatic heterocycles. The third kappa shape index (κ3) is 4.87. The zero-order valence-electron chi connectivity index (χ0n) is 11.2. The Morgan fingerprint density at radius 3 is 2.63 bits per heavy atom. The van der Waals surface area contributed by atoms with Crippen LogP contribution >= 0.6 is 0 Å². The summed E-state index contributed by atoms with van der Waals surface area (Å²) >= 11 is 0. The lowest BCUT2D eigenvalue weighted by Gasteiger charge is -2.13. The van der Waals surface area contributed by atoms with Gasteiger partial charge in [0.25, 0.3) is 0 Å². The van der Waals surface area contributed by atoms with Crippen LogP contribution in [-0.4, -0.2) is 12.6 Å². The summed E-state index contributed by atoms with van der Waals surface area (Å²) in [5.41, 5.74) is 1.16. The minimum absolute atomic E-state index is 0.177. The van der Waals surface area contributed by atoms with Crippen LogP contribution in [0.1, 0.15) is 24.7 Å². The highest BCUT2D eigenvalue weighted by Crippen LogP contribution is 2.06. The third-order valence-electron chi connectivity index (χ3n) is 3.22. The van der Waals surface area contributed by atoms with Gasteiger partial charge in [0.2, 0.25) is 0 Å². The molecule has 0 radical (unpaired) electrons. The molecule has 1 atom stereocenters. The molecule has 19 heavy (non-hydrogen) atoms. The average Bonchev–Trinajstić information content (AvgIpc) is 2.92. The third-order valence-corrected chi connectivity index (χ3v) is 3.22. The lowest BCUT2D eigenvalue weighted by Crippen LogP contribution is -2.28. The molecule has 0 fully saturated rings. The molecule has 2 nitrogen and oxygen atoms in total. The van der Waals surface area contributed by atoms with Gasteiger partial charge in [0.05, 0.1) is 6.26 Å². The smallest absolute Gasteiger partial charge is 0.123 e. The Labute approximate surface area is 113 Å². The van der Waals surface area contributed by atoms with E-state index in [4.69, 9.17) is 4.42 Å². The molecule has 1 N–H and O–H groups in total. The first-order valence-corrected chi connectivity index (χ1v) is 6.74. The summed E-state index contributed by atoms with van der Waals surface area (Å²) < 4.78 is 18.1. The van der Waals surface area contributed by atoms with E-state index >= 15 is 0 Å². The standard InChI is InChI=1S/C16H20FNO/c1-13(4-9-16-3-2-12-19-16)18-11-10-14-5-7-15(17)8-6-14/h2-3,5-8,12-13,18H,4,9-11H2,1H3. The van der Waals surface area contributed by atoms with Crippen LogP contribution in [0.25, 0.3) is 0 Å². The zero-order valence-corrected chi connectivity index (χ0v) is 11.2. The molecular weight excluding hydrogens is 241 g/mol. The molecular formula is C16H20FNO. The maximum Gasteiger partial charge on any atom is 0.123 e. The molecule has 1 aromatic heterocycles. The predicted molar refractivity (Wildman–Crippen MR) is 74.6 cm³/mol. The predicted octanol–water partition coefficient (Wildman–Crippen LogP) is 3.57. The highest BCUT2D eigenvalue weighted by Gasteiger charge is 2.03. The summed E-state index contributed by atoms with van der Waals surface area (Å²) in [5.74, 6) is 0.857. The van der Waals surface area contributed by atoms with Crippen molar-refractivity contribution in [1.82, 2.24) is 5.32 Å². The van der Waals surface area contributed by atoms with Crippen LogP contribution in [-0.2, 0) is 12.8 Å². The normalized spacial score (nSPS) is 12.5. The van der Waals surface area contributed by atoms with Gasteiger partial charge in [0, 0.05) is 12.5 Å². The number of halogens is 1. The van der Waals surface area contributed by atoms with E-state index in [1.165, 1.54) is 12.1 Å². The van der Waals surface area contributed by atoms with Gasteiger partial charge in [0.1, 0.15) is 11.6 Å². The Morgan fingerprint density at radius 1 is 1.16 bits per heavy atom. The Bertz CT molecular complexity index is 464. The van der Waals surface area contributed by atoms with Crippen molar-refractivity contribution >= 4 is 0 Å². The number of aryl methyl sites for hydroxylation is 1. The van der Waals surface area contributed by atoms with Crippen molar-refractivity contribution in [3.05, 3.63) is 59.8 Å². The van der Waals surface area contributed by atoms with Crippen LogP contribution in [0.3, 0.4) is 0 Å². The Balaban J connectivity index is 1.63. The van der Waals surface area contributed by atoms with E-state index in [-0.39, 0.29) is 5.82 Å². The maximum atomic E-state index is 12.7. The molecule has 3 heteroatoms. The summed E-state index contributed by atoms with van der Waals surface area (Å²) in [6.45, 7) is 3.08. The van der Waals surface area contributed by atoms with Crippen molar-refractivity contribution in [3.8, 4) is 0 Å². The van der Waals surface area contributed by atoms with Gasteiger partial charge in [-0.3, -0.25) is 0 Å². The van der Waals surface area contributed by atoms with Crippen molar-refractivity contribution in [2.24, 2.45) is 0 Å². The van der Waals surface area contributed by atoms with Crippen molar-refractivity contribution in [2.75, 3.05) is 6.54 Å². The molecule has 1 unspecified atom stereocenters. The van der Waals surface area contributed by atoms with Gasteiger partial charge in [-0.1, -0.05) is 12.1 Å². The summed E-state index contributed by atoms with van der Waals surface area (Å²) in [4.78, 5) is 0. The van der Waals surface area contributed by atoms with Gasteiger partial charge in [-0.15, -0.1) is 0 Å². The zero-order chi connectivity index (χ0) is 13.5. The van der Waals surface area contributed by atoms with Crippen LogP contribution in [0.4, 0.5) is 4.39 Å². The molecule has 0 spiro atoms. The number of furan rings is 1. The summed E-state index contributed by atoms with van der Waals surface area (Å²) in [7, 11) is 0. The van der Waals surface area contributed by atoms with Gasteiger partial charge in [-0.2, -0.15) is 0 Å². The minimum atomic E-state index is -0.177. The number of benzene rings is 1.